The Morgan fingerprint density at radius 2 is 1.87 bits per heavy atom. The van der Waals surface area contributed by atoms with Crippen LogP contribution in [0.4, 0.5) is 20.7 Å². The largest absolute Gasteiger partial charge is 0.444 e. The molecule has 4 heterocycles. The second-order valence-electron chi connectivity index (χ2n) is 11.8. The molecule has 3 aromatic heterocycles. The molecule has 1 saturated heterocycles. The molecule has 3 aromatic rings. The summed E-state index contributed by atoms with van der Waals surface area (Å²) in [4.78, 5) is 26.1. The number of nitrogens with one attached hydrogen (secondary N) is 1. The van der Waals surface area contributed by atoms with Gasteiger partial charge < -0.3 is 19.4 Å². The van der Waals surface area contributed by atoms with Gasteiger partial charge in [-0.05, 0) is 79.0 Å². The number of hydrogen-bond donors (Lipinski definition) is 1. The van der Waals surface area contributed by atoms with Crippen LogP contribution in [-0.2, 0) is 4.74 Å². The van der Waals surface area contributed by atoms with Gasteiger partial charge in [0.05, 0.1) is 23.1 Å². The summed E-state index contributed by atoms with van der Waals surface area (Å²) >= 11 is 0. The van der Waals surface area contributed by atoms with Gasteiger partial charge in [-0.2, -0.15) is 0 Å². The lowest BCUT2D eigenvalue weighted by Crippen LogP contribution is -2.58. The topological polar surface area (TPSA) is 75.0 Å². The molecule has 8 nitrogen and oxygen atoms in total. The number of amides is 1. The van der Waals surface area contributed by atoms with E-state index >= 15 is 0 Å². The van der Waals surface area contributed by atoms with Gasteiger partial charge in [-0.1, -0.05) is 5.57 Å². The molecule has 1 spiro atoms. The number of imidazole rings is 1. The third kappa shape index (κ3) is 5.06. The van der Waals surface area contributed by atoms with Crippen LogP contribution in [0.5, 0.6) is 0 Å². The predicted octanol–water partition coefficient (Wildman–Crippen LogP) is 5.94. The lowest BCUT2D eigenvalue weighted by molar-refractivity contribution is 0.0106. The lowest BCUT2D eigenvalue weighted by Gasteiger charge is -2.43. The molecule has 1 aliphatic heterocycles. The molecule has 0 unspecified atom stereocenters. The number of piperazine rings is 1. The number of halogens is 1. The fourth-order valence-electron chi connectivity index (χ4n) is 5.16. The predicted molar refractivity (Wildman–Crippen MR) is 148 cm³/mol. The minimum Gasteiger partial charge on any atom is -0.444 e. The van der Waals surface area contributed by atoms with Crippen molar-refractivity contribution in [1.82, 2.24) is 19.3 Å². The van der Waals surface area contributed by atoms with E-state index in [9.17, 15) is 9.18 Å². The Bertz CT molecular complexity index is 1430. The molecule has 9 heteroatoms. The van der Waals surface area contributed by atoms with E-state index in [1.54, 1.807) is 4.40 Å². The van der Waals surface area contributed by atoms with Crippen LogP contribution >= 0.6 is 0 Å². The second kappa shape index (κ2) is 9.29. The number of nitrogens with zero attached hydrogens (tertiary/aromatic N) is 5. The van der Waals surface area contributed by atoms with Crippen LogP contribution in [0.15, 0.2) is 36.3 Å². The first kappa shape index (κ1) is 26.0. The zero-order valence-electron chi connectivity index (χ0n) is 23.4. The quantitative estimate of drug-likeness (QED) is 0.459. The summed E-state index contributed by atoms with van der Waals surface area (Å²) in [5.41, 5.74) is 4.99. The van der Waals surface area contributed by atoms with E-state index < -0.39 is 5.60 Å². The summed E-state index contributed by atoms with van der Waals surface area (Å²) in [5, 5.41) is 3.44. The molecule has 5 rings (SSSR count). The molecule has 1 N–H and O–H groups in total. The smallest absolute Gasteiger partial charge is 0.410 e. The highest BCUT2D eigenvalue weighted by molar-refractivity contribution is 5.79. The first-order chi connectivity index (χ1) is 17.8. The van der Waals surface area contributed by atoms with Crippen molar-refractivity contribution in [3.05, 3.63) is 58.9 Å². The minimum atomic E-state index is -0.506. The average Bonchev–Trinajstić information content (AvgIpc) is 3.46. The molecular formula is C29H37FN6O2. The zero-order valence-corrected chi connectivity index (χ0v) is 23.4. The Morgan fingerprint density at radius 1 is 1.13 bits per heavy atom. The Morgan fingerprint density at radius 3 is 2.50 bits per heavy atom. The first-order valence-corrected chi connectivity index (χ1v) is 13.2. The standard InChI is InChI=1S/C29H37FN6O2/c1-18(2)24(21-13-23(30)26-32-20(4)15-35(26)16-21)33-25-19(3)12-22(14-31-25)34-10-11-36(29(17-34)8-9-29)27(37)38-28(5,6)7/h12-16H,8-11,17H2,1-7H3,(H,31,33). The number of rotatable bonds is 4. The first-order valence-electron chi connectivity index (χ1n) is 13.2. The number of pyridine rings is 2. The van der Waals surface area contributed by atoms with Gasteiger partial charge in [0.25, 0.3) is 0 Å². The number of aromatic nitrogens is 3. The summed E-state index contributed by atoms with van der Waals surface area (Å²) in [7, 11) is 0. The Labute approximate surface area is 223 Å². The van der Waals surface area contributed by atoms with E-state index in [2.05, 4.69) is 21.3 Å². The van der Waals surface area contributed by atoms with Crippen molar-refractivity contribution < 1.29 is 13.9 Å². The number of hydrogen-bond acceptors (Lipinski definition) is 6. The Hall–Kier alpha value is -3.62. The number of allylic oxidation sites excluding steroid dienone is 1. The van der Waals surface area contributed by atoms with Crippen LogP contribution in [-0.4, -0.2) is 56.1 Å². The number of ether oxygens (including phenoxy) is 1. The molecule has 0 atom stereocenters. The van der Waals surface area contributed by atoms with Gasteiger partial charge in [0.15, 0.2) is 11.5 Å². The fourth-order valence-corrected chi connectivity index (χ4v) is 5.16. The lowest BCUT2D eigenvalue weighted by atomic mass is 10.1. The highest BCUT2D eigenvalue weighted by Crippen LogP contribution is 2.45. The van der Waals surface area contributed by atoms with Crippen molar-refractivity contribution >= 4 is 28.9 Å². The van der Waals surface area contributed by atoms with E-state index in [1.807, 2.05) is 72.0 Å². The maximum atomic E-state index is 14.8. The van der Waals surface area contributed by atoms with Gasteiger partial charge in [0, 0.05) is 43.3 Å². The van der Waals surface area contributed by atoms with E-state index in [0.717, 1.165) is 65.5 Å². The number of fused-ring (bicyclic) bond motifs is 1. The van der Waals surface area contributed by atoms with Crippen molar-refractivity contribution in [3.63, 3.8) is 0 Å². The van der Waals surface area contributed by atoms with E-state index in [-0.39, 0.29) is 17.4 Å². The van der Waals surface area contributed by atoms with Crippen molar-refractivity contribution in [3.8, 4) is 0 Å². The fraction of sp³-hybridized carbons (Fsp3) is 0.483. The van der Waals surface area contributed by atoms with Gasteiger partial charge >= 0.3 is 6.09 Å². The van der Waals surface area contributed by atoms with Gasteiger partial charge in [-0.3, -0.25) is 4.90 Å². The number of anilines is 2. The molecule has 0 bridgehead atoms. The highest BCUT2D eigenvalue weighted by atomic mass is 19.1. The molecule has 1 amide bonds. The van der Waals surface area contributed by atoms with Gasteiger partial charge in [0.2, 0.25) is 0 Å². The summed E-state index contributed by atoms with van der Waals surface area (Å²) in [6.07, 6.45) is 7.32. The summed E-state index contributed by atoms with van der Waals surface area (Å²) < 4.78 is 22.2. The van der Waals surface area contributed by atoms with Crippen LogP contribution in [0.1, 0.15) is 64.3 Å². The summed E-state index contributed by atoms with van der Waals surface area (Å²) in [6.45, 7) is 15.7. The third-order valence-electron chi connectivity index (χ3n) is 7.18. The highest BCUT2D eigenvalue weighted by Gasteiger charge is 2.54. The average molecular weight is 521 g/mol. The Balaban J connectivity index is 1.34. The van der Waals surface area contributed by atoms with Crippen molar-refractivity contribution in [2.75, 3.05) is 29.9 Å². The van der Waals surface area contributed by atoms with Crippen LogP contribution in [0.25, 0.3) is 11.3 Å². The second-order valence-corrected chi connectivity index (χ2v) is 11.8. The maximum absolute atomic E-state index is 14.8. The summed E-state index contributed by atoms with van der Waals surface area (Å²) in [6, 6.07) is 3.64. The molecule has 202 valence electrons. The molecule has 1 aliphatic carbocycles. The van der Waals surface area contributed by atoms with Crippen molar-refractivity contribution in [2.45, 2.75) is 72.4 Å². The van der Waals surface area contributed by atoms with Crippen LogP contribution in [0.3, 0.4) is 0 Å². The van der Waals surface area contributed by atoms with Crippen LogP contribution in [0.2, 0.25) is 0 Å². The van der Waals surface area contributed by atoms with E-state index in [0.29, 0.717) is 12.2 Å². The minimum absolute atomic E-state index is 0.158. The zero-order chi connectivity index (χ0) is 27.4. The van der Waals surface area contributed by atoms with Crippen molar-refractivity contribution in [1.29, 1.82) is 0 Å². The number of carbonyl (C=O) groups excluding carboxylic acids is 1. The van der Waals surface area contributed by atoms with Crippen LogP contribution < -0.4 is 10.2 Å². The molecule has 1 saturated carbocycles. The molecular weight excluding hydrogens is 483 g/mol. The number of carbonyl (C=O) groups is 1. The third-order valence-corrected chi connectivity index (χ3v) is 7.18. The summed E-state index contributed by atoms with van der Waals surface area (Å²) in [5.74, 6) is 0.358. The van der Waals surface area contributed by atoms with Crippen molar-refractivity contribution in [2.24, 2.45) is 0 Å². The van der Waals surface area contributed by atoms with Gasteiger partial charge in [-0.15, -0.1) is 0 Å². The normalized spacial score (nSPS) is 16.6. The number of aryl methyl sites for hydroxylation is 2. The SMILES string of the molecule is CC(C)=C(Nc1ncc(N2CCN(C(=O)OC(C)(C)C)C3(CC3)C2)cc1C)c1cc(F)c2nc(C)cn2c1. The van der Waals surface area contributed by atoms with Crippen LogP contribution in [0, 0.1) is 19.7 Å². The Kier molecular flexibility index (Phi) is 6.36. The molecule has 0 radical (unpaired) electrons. The monoisotopic (exact) mass is 520 g/mol. The van der Waals surface area contributed by atoms with E-state index in [1.165, 1.54) is 6.07 Å². The molecule has 2 aliphatic rings. The molecule has 0 aromatic carbocycles. The van der Waals surface area contributed by atoms with E-state index in [4.69, 9.17) is 9.72 Å². The maximum Gasteiger partial charge on any atom is 0.410 e. The van der Waals surface area contributed by atoms with Gasteiger partial charge in [-0.25, -0.2) is 19.2 Å². The molecule has 38 heavy (non-hydrogen) atoms. The molecule has 2 fully saturated rings. The van der Waals surface area contributed by atoms with Gasteiger partial charge in [0.1, 0.15) is 11.4 Å².